The van der Waals surface area contributed by atoms with Gasteiger partial charge < -0.3 is 19.5 Å². The van der Waals surface area contributed by atoms with E-state index >= 15 is 0 Å². The Morgan fingerprint density at radius 3 is 2.42 bits per heavy atom. The van der Waals surface area contributed by atoms with Gasteiger partial charge in [0.25, 0.3) is 0 Å². The van der Waals surface area contributed by atoms with Crippen LogP contribution in [0.5, 0.6) is 11.5 Å². The highest BCUT2D eigenvalue weighted by molar-refractivity contribution is 5.48. The van der Waals surface area contributed by atoms with Crippen molar-refractivity contribution in [1.82, 2.24) is 5.32 Å². The maximum Gasteiger partial charge on any atom is 0.165 e. The molecule has 4 heteroatoms. The van der Waals surface area contributed by atoms with Gasteiger partial charge in [-0.05, 0) is 25.5 Å². The van der Waals surface area contributed by atoms with Crippen LogP contribution in [0.4, 0.5) is 0 Å². The van der Waals surface area contributed by atoms with E-state index < -0.39 is 0 Å². The molecule has 0 amide bonds. The van der Waals surface area contributed by atoms with Crippen LogP contribution >= 0.6 is 0 Å². The van der Waals surface area contributed by atoms with Crippen molar-refractivity contribution in [2.24, 2.45) is 5.92 Å². The van der Waals surface area contributed by atoms with E-state index in [0.29, 0.717) is 5.92 Å². The molecule has 19 heavy (non-hydrogen) atoms. The molecule has 0 radical (unpaired) electrons. The Bertz CT molecular complexity index is 382. The second-order valence-electron chi connectivity index (χ2n) is 4.61. The highest BCUT2D eigenvalue weighted by Crippen LogP contribution is 2.37. The Kier molecular flexibility index (Phi) is 6.67. The van der Waals surface area contributed by atoms with E-state index in [2.05, 4.69) is 18.3 Å². The maximum atomic E-state index is 5.51. The first-order chi connectivity index (χ1) is 9.19. The predicted octanol–water partition coefficient (Wildman–Crippen LogP) is 2.64. The zero-order valence-corrected chi connectivity index (χ0v) is 12.5. The molecule has 0 saturated carbocycles. The molecule has 0 aliphatic rings. The number of rotatable bonds is 8. The van der Waals surface area contributed by atoms with E-state index in [1.165, 1.54) is 0 Å². The summed E-state index contributed by atoms with van der Waals surface area (Å²) in [5.41, 5.74) is 1.12. The Morgan fingerprint density at radius 2 is 1.89 bits per heavy atom. The number of para-hydroxylation sites is 1. The second-order valence-corrected chi connectivity index (χ2v) is 4.61. The van der Waals surface area contributed by atoms with E-state index in [0.717, 1.165) is 30.1 Å². The lowest BCUT2D eigenvalue weighted by atomic mass is 9.91. The highest BCUT2D eigenvalue weighted by Gasteiger charge is 2.22. The third kappa shape index (κ3) is 3.85. The topological polar surface area (TPSA) is 39.7 Å². The van der Waals surface area contributed by atoms with Crippen LogP contribution in [0.25, 0.3) is 0 Å². The maximum absolute atomic E-state index is 5.51. The molecule has 1 N–H and O–H groups in total. The zero-order valence-electron chi connectivity index (χ0n) is 12.5. The first-order valence-electron chi connectivity index (χ1n) is 6.56. The average molecular weight is 267 g/mol. The van der Waals surface area contributed by atoms with Gasteiger partial charge in [0, 0.05) is 25.3 Å². The van der Waals surface area contributed by atoms with Crippen molar-refractivity contribution in [2.75, 3.05) is 35.0 Å². The van der Waals surface area contributed by atoms with Crippen LogP contribution < -0.4 is 14.8 Å². The molecular formula is C15H25NO3. The largest absolute Gasteiger partial charge is 0.493 e. The minimum Gasteiger partial charge on any atom is -0.493 e. The standard InChI is InChI=1S/C15H25NO3/c1-11(9-10-17-3)14(16-2)12-7-6-8-13(18-4)15(12)19-5/h6-8,11,14,16H,9-10H2,1-5H3. The fourth-order valence-corrected chi connectivity index (χ4v) is 2.37. The van der Waals surface area contributed by atoms with Crippen molar-refractivity contribution in [2.45, 2.75) is 19.4 Å². The van der Waals surface area contributed by atoms with Crippen LogP contribution in [0.15, 0.2) is 18.2 Å². The summed E-state index contributed by atoms with van der Waals surface area (Å²) < 4.78 is 16.0. The summed E-state index contributed by atoms with van der Waals surface area (Å²) in [6.45, 7) is 2.96. The Labute approximate surface area is 116 Å². The van der Waals surface area contributed by atoms with Gasteiger partial charge in [-0.1, -0.05) is 19.1 Å². The van der Waals surface area contributed by atoms with E-state index in [1.54, 1.807) is 21.3 Å². The number of nitrogens with one attached hydrogen (secondary N) is 1. The number of hydrogen-bond acceptors (Lipinski definition) is 4. The number of methoxy groups -OCH3 is 3. The van der Waals surface area contributed by atoms with Gasteiger partial charge >= 0.3 is 0 Å². The van der Waals surface area contributed by atoms with Gasteiger partial charge in [-0.3, -0.25) is 0 Å². The van der Waals surface area contributed by atoms with Crippen molar-refractivity contribution in [3.05, 3.63) is 23.8 Å². The summed E-state index contributed by atoms with van der Waals surface area (Å²) in [7, 11) is 7.03. The smallest absolute Gasteiger partial charge is 0.165 e. The fourth-order valence-electron chi connectivity index (χ4n) is 2.37. The summed E-state index contributed by atoms with van der Waals surface area (Å²) in [4.78, 5) is 0. The number of hydrogen-bond donors (Lipinski definition) is 1. The number of benzene rings is 1. The molecule has 0 heterocycles. The van der Waals surface area contributed by atoms with E-state index in [4.69, 9.17) is 14.2 Å². The van der Waals surface area contributed by atoms with Crippen LogP contribution in [0.3, 0.4) is 0 Å². The molecule has 1 aromatic rings. The predicted molar refractivity (Wildman–Crippen MR) is 77.0 cm³/mol. The van der Waals surface area contributed by atoms with Gasteiger partial charge in [-0.25, -0.2) is 0 Å². The lowest BCUT2D eigenvalue weighted by Gasteiger charge is -2.26. The lowest BCUT2D eigenvalue weighted by Crippen LogP contribution is -2.25. The molecule has 2 unspecified atom stereocenters. The van der Waals surface area contributed by atoms with Crippen molar-refractivity contribution in [1.29, 1.82) is 0 Å². The highest BCUT2D eigenvalue weighted by atomic mass is 16.5. The van der Waals surface area contributed by atoms with Crippen LogP contribution in [0, 0.1) is 5.92 Å². The molecule has 1 rings (SSSR count). The van der Waals surface area contributed by atoms with Gasteiger partial charge in [0.1, 0.15) is 0 Å². The summed E-state index contributed by atoms with van der Waals surface area (Å²) in [5.74, 6) is 2.00. The van der Waals surface area contributed by atoms with Gasteiger partial charge in [0.2, 0.25) is 0 Å². The van der Waals surface area contributed by atoms with E-state index in [9.17, 15) is 0 Å². The molecule has 0 fully saturated rings. The molecule has 4 nitrogen and oxygen atoms in total. The van der Waals surface area contributed by atoms with Crippen LogP contribution in [-0.2, 0) is 4.74 Å². The van der Waals surface area contributed by atoms with Crippen molar-refractivity contribution >= 4 is 0 Å². The third-order valence-electron chi connectivity index (χ3n) is 3.43. The minimum atomic E-state index is 0.209. The van der Waals surface area contributed by atoms with Gasteiger partial charge in [0.15, 0.2) is 11.5 Å². The normalized spacial score (nSPS) is 13.9. The Balaban J connectivity index is 3.03. The number of ether oxygens (including phenoxy) is 3. The molecular weight excluding hydrogens is 242 g/mol. The molecule has 0 saturated heterocycles. The van der Waals surface area contributed by atoms with Crippen LogP contribution in [-0.4, -0.2) is 35.0 Å². The summed E-state index contributed by atoms with van der Waals surface area (Å²) in [6, 6.07) is 6.19. The molecule has 0 aromatic heterocycles. The minimum absolute atomic E-state index is 0.209. The zero-order chi connectivity index (χ0) is 14.3. The van der Waals surface area contributed by atoms with Gasteiger partial charge in [0.05, 0.1) is 14.2 Å². The Hall–Kier alpha value is -1.26. The van der Waals surface area contributed by atoms with Gasteiger partial charge in [-0.2, -0.15) is 0 Å². The van der Waals surface area contributed by atoms with Crippen molar-refractivity contribution in [3.63, 3.8) is 0 Å². The van der Waals surface area contributed by atoms with Crippen molar-refractivity contribution < 1.29 is 14.2 Å². The first-order valence-corrected chi connectivity index (χ1v) is 6.56. The monoisotopic (exact) mass is 267 g/mol. The molecule has 2 atom stereocenters. The fraction of sp³-hybridized carbons (Fsp3) is 0.600. The second kappa shape index (κ2) is 8.02. The summed E-state index contributed by atoms with van der Waals surface area (Å²) in [6.07, 6.45) is 0.988. The van der Waals surface area contributed by atoms with E-state index in [1.807, 2.05) is 19.2 Å². The summed E-state index contributed by atoms with van der Waals surface area (Å²) >= 11 is 0. The van der Waals surface area contributed by atoms with Crippen LogP contribution in [0.1, 0.15) is 24.9 Å². The lowest BCUT2D eigenvalue weighted by molar-refractivity contribution is 0.171. The third-order valence-corrected chi connectivity index (χ3v) is 3.43. The Morgan fingerprint density at radius 1 is 1.16 bits per heavy atom. The molecule has 0 aliphatic heterocycles. The van der Waals surface area contributed by atoms with Crippen LogP contribution in [0.2, 0.25) is 0 Å². The molecule has 0 spiro atoms. The van der Waals surface area contributed by atoms with E-state index in [-0.39, 0.29) is 6.04 Å². The first kappa shape index (κ1) is 15.8. The van der Waals surface area contributed by atoms with Gasteiger partial charge in [-0.15, -0.1) is 0 Å². The molecule has 0 aliphatic carbocycles. The molecule has 1 aromatic carbocycles. The molecule has 0 bridgehead atoms. The van der Waals surface area contributed by atoms with Crippen molar-refractivity contribution in [3.8, 4) is 11.5 Å². The quantitative estimate of drug-likeness (QED) is 0.786. The SMILES string of the molecule is CNC(c1cccc(OC)c1OC)C(C)CCOC. The average Bonchev–Trinajstić information content (AvgIpc) is 2.45. The molecule has 108 valence electrons. The summed E-state index contributed by atoms with van der Waals surface area (Å²) in [5, 5.41) is 3.36.